The molecule has 0 fully saturated rings. The van der Waals surface area contributed by atoms with E-state index in [1.54, 1.807) is 0 Å². The van der Waals surface area contributed by atoms with E-state index in [1.165, 1.54) is 50.2 Å². The smallest absolute Gasteiger partial charge is 0.226 e. The van der Waals surface area contributed by atoms with Crippen LogP contribution in [0.25, 0.3) is 11.6 Å². The topological polar surface area (TPSA) is 17.6 Å². The van der Waals surface area contributed by atoms with Gasteiger partial charge in [0.15, 0.2) is 0 Å². The minimum atomic E-state index is 1.10. The molecule has 0 unspecified atom stereocenters. The molecule has 2 rings (SSSR count). The van der Waals surface area contributed by atoms with Crippen molar-refractivity contribution in [2.45, 2.75) is 78.9 Å². The maximum atomic E-state index is 2.44. The van der Waals surface area contributed by atoms with E-state index >= 15 is 0 Å². The van der Waals surface area contributed by atoms with Crippen molar-refractivity contribution >= 4 is 0 Å². The van der Waals surface area contributed by atoms with Gasteiger partial charge in [0.1, 0.15) is 24.8 Å². The zero-order chi connectivity index (χ0) is 16.7. The standard InChI is InChI=1S/C19H34N4/c1-5-8-11-21-15-14-20(4)18(21)19-22(12-9-6-2)16-17-23(19)13-10-7-3/h14-17H,5-13H2,1-4H3/q+2. The Morgan fingerprint density at radius 1 is 0.783 bits per heavy atom. The predicted molar refractivity (Wildman–Crippen MR) is 94.0 cm³/mol. The minimum Gasteiger partial charge on any atom is -0.226 e. The molecule has 4 nitrogen and oxygen atoms in total. The third kappa shape index (κ3) is 4.24. The molecule has 2 aromatic heterocycles. The van der Waals surface area contributed by atoms with Gasteiger partial charge in [0.05, 0.1) is 26.7 Å². The van der Waals surface area contributed by atoms with Gasteiger partial charge in [-0.1, -0.05) is 40.0 Å². The van der Waals surface area contributed by atoms with Crippen LogP contribution in [-0.2, 0) is 26.7 Å². The van der Waals surface area contributed by atoms with Gasteiger partial charge in [-0.2, -0.15) is 0 Å². The van der Waals surface area contributed by atoms with Crippen molar-refractivity contribution in [2.75, 3.05) is 0 Å². The Labute approximate surface area is 141 Å². The number of hydrogen-bond acceptors (Lipinski definition) is 0. The zero-order valence-corrected chi connectivity index (χ0v) is 15.5. The molecule has 0 amide bonds. The van der Waals surface area contributed by atoms with E-state index in [2.05, 4.69) is 70.9 Å². The molecule has 0 aliphatic rings. The number of nitrogens with zero attached hydrogens (tertiary/aromatic N) is 4. The molecule has 0 radical (unpaired) electrons. The first-order valence-corrected chi connectivity index (χ1v) is 9.36. The van der Waals surface area contributed by atoms with Gasteiger partial charge in [-0.25, -0.2) is 18.3 Å². The average molecular weight is 319 g/mol. The lowest BCUT2D eigenvalue weighted by Gasteiger charge is -2.05. The summed E-state index contributed by atoms with van der Waals surface area (Å²) in [4.78, 5) is 0. The van der Waals surface area contributed by atoms with Crippen LogP contribution in [0.5, 0.6) is 0 Å². The maximum absolute atomic E-state index is 2.44. The molecule has 0 saturated carbocycles. The Kier molecular flexibility index (Phi) is 6.87. The quantitative estimate of drug-likeness (QED) is 0.597. The summed E-state index contributed by atoms with van der Waals surface area (Å²) < 4.78 is 9.58. The van der Waals surface area contributed by atoms with Crippen LogP contribution >= 0.6 is 0 Å². The molecule has 0 atom stereocenters. The molecule has 0 saturated heterocycles. The van der Waals surface area contributed by atoms with E-state index in [9.17, 15) is 0 Å². The van der Waals surface area contributed by atoms with Crippen LogP contribution in [0.3, 0.4) is 0 Å². The summed E-state index contributed by atoms with van der Waals surface area (Å²) in [6.45, 7) is 10.1. The van der Waals surface area contributed by atoms with E-state index in [4.69, 9.17) is 0 Å². The van der Waals surface area contributed by atoms with E-state index in [0.29, 0.717) is 0 Å². The monoisotopic (exact) mass is 318 g/mol. The predicted octanol–water partition coefficient (Wildman–Crippen LogP) is 3.47. The highest BCUT2D eigenvalue weighted by molar-refractivity contribution is 5.36. The molecule has 4 heteroatoms. The Bertz CT molecular complexity index is 569. The normalized spacial score (nSPS) is 11.3. The lowest BCUT2D eigenvalue weighted by Crippen LogP contribution is -2.41. The Hall–Kier alpha value is -1.58. The fourth-order valence-corrected chi connectivity index (χ4v) is 3.06. The average Bonchev–Trinajstić information content (AvgIpc) is 3.11. The van der Waals surface area contributed by atoms with Crippen molar-refractivity contribution in [3.63, 3.8) is 0 Å². The van der Waals surface area contributed by atoms with Gasteiger partial charge in [0, 0.05) is 0 Å². The first-order chi connectivity index (χ1) is 11.2. The van der Waals surface area contributed by atoms with Gasteiger partial charge in [-0.05, 0) is 19.3 Å². The van der Waals surface area contributed by atoms with Crippen molar-refractivity contribution < 1.29 is 9.13 Å². The van der Waals surface area contributed by atoms with Gasteiger partial charge in [-0.3, -0.25) is 0 Å². The lowest BCUT2D eigenvalue weighted by atomic mass is 10.3. The van der Waals surface area contributed by atoms with E-state index in [-0.39, 0.29) is 0 Å². The Morgan fingerprint density at radius 3 is 1.96 bits per heavy atom. The fourth-order valence-electron chi connectivity index (χ4n) is 3.06. The van der Waals surface area contributed by atoms with Crippen LogP contribution in [0, 0.1) is 0 Å². The van der Waals surface area contributed by atoms with E-state index in [0.717, 1.165) is 19.6 Å². The first-order valence-electron chi connectivity index (χ1n) is 9.36. The summed E-state index contributed by atoms with van der Waals surface area (Å²) in [6.07, 6.45) is 16.3. The van der Waals surface area contributed by atoms with Crippen LogP contribution in [-0.4, -0.2) is 9.13 Å². The molecule has 2 heterocycles. The van der Waals surface area contributed by atoms with Gasteiger partial charge >= 0.3 is 11.6 Å². The van der Waals surface area contributed by atoms with Gasteiger partial charge in [-0.15, -0.1) is 0 Å². The van der Waals surface area contributed by atoms with Crippen LogP contribution in [0.15, 0.2) is 24.8 Å². The number of imidazole rings is 2. The fraction of sp³-hybridized carbons (Fsp3) is 0.684. The summed E-state index contributed by atoms with van der Waals surface area (Å²) in [6, 6.07) is 0. The largest absolute Gasteiger partial charge is 0.373 e. The van der Waals surface area contributed by atoms with Gasteiger partial charge < -0.3 is 0 Å². The summed E-state index contributed by atoms with van der Waals surface area (Å²) in [7, 11) is 2.17. The lowest BCUT2D eigenvalue weighted by molar-refractivity contribution is -0.705. The number of rotatable bonds is 10. The van der Waals surface area contributed by atoms with Crippen LogP contribution in [0.1, 0.15) is 59.3 Å². The molecular weight excluding hydrogens is 284 g/mol. The molecular formula is C19H34N4+2. The second kappa shape index (κ2) is 8.90. The van der Waals surface area contributed by atoms with Crippen molar-refractivity contribution in [1.82, 2.24) is 9.13 Å². The number of aromatic nitrogens is 4. The molecule has 0 aliphatic carbocycles. The van der Waals surface area contributed by atoms with Crippen molar-refractivity contribution in [3.05, 3.63) is 24.8 Å². The zero-order valence-electron chi connectivity index (χ0n) is 15.5. The molecule has 2 aromatic rings. The minimum absolute atomic E-state index is 1.10. The highest BCUT2D eigenvalue weighted by Gasteiger charge is 2.30. The highest BCUT2D eigenvalue weighted by Crippen LogP contribution is 2.15. The van der Waals surface area contributed by atoms with Crippen molar-refractivity contribution in [3.8, 4) is 11.6 Å². The summed E-state index contributed by atoms with van der Waals surface area (Å²) >= 11 is 0. The van der Waals surface area contributed by atoms with E-state index < -0.39 is 0 Å². The summed E-state index contributed by atoms with van der Waals surface area (Å²) in [5.41, 5.74) is 0. The Balaban J connectivity index is 2.42. The van der Waals surface area contributed by atoms with Crippen LogP contribution < -0.4 is 9.13 Å². The molecule has 23 heavy (non-hydrogen) atoms. The second-order valence-electron chi connectivity index (χ2n) is 6.50. The molecule has 0 aromatic carbocycles. The maximum Gasteiger partial charge on any atom is 0.373 e. The highest BCUT2D eigenvalue weighted by atomic mass is 15.2. The third-order valence-electron chi connectivity index (χ3n) is 4.50. The van der Waals surface area contributed by atoms with Gasteiger partial charge in [0.2, 0.25) is 0 Å². The molecule has 0 aliphatic heterocycles. The van der Waals surface area contributed by atoms with Crippen LogP contribution in [0.2, 0.25) is 0 Å². The van der Waals surface area contributed by atoms with E-state index in [1.807, 2.05) is 0 Å². The third-order valence-corrected chi connectivity index (χ3v) is 4.50. The molecule has 0 spiro atoms. The molecule has 128 valence electrons. The number of unbranched alkanes of at least 4 members (excludes halogenated alkanes) is 3. The number of aryl methyl sites for hydroxylation is 4. The molecule has 0 bridgehead atoms. The Morgan fingerprint density at radius 2 is 1.35 bits per heavy atom. The van der Waals surface area contributed by atoms with Gasteiger partial charge in [0.25, 0.3) is 0 Å². The van der Waals surface area contributed by atoms with Crippen LogP contribution in [0.4, 0.5) is 0 Å². The summed E-state index contributed by atoms with van der Waals surface area (Å²) in [5.74, 6) is 2.69. The van der Waals surface area contributed by atoms with Crippen molar-refractivity contribution in [2.24, 2.45) is 7.05 Å². The second-order valence-corrected chi connectivity index (χ2v) is 6.50. The summed E-state index contributed by atoms with van der Waals surface area (Å²) in [5, 5.41) is 0. The first kappa shape index (κ1) is 17.8. The molecule has 0 N–H and O–H groups in total. The van der Waals surface area contributed by atoms with Crippen molar-refractivity contribution in [1.29, 1.82) is 0 Å². The SMILES string of the molecule is CCCCn1cc[n+](C)c1-c1n(CCCC)cc[n+]1CCCC. The number of hydrogen-bond donors (Lipinski definition) is 0.